The first-order valence-corrected chi connectivity index (χ1v) is 18.0. The highest BCUT2D eigenvalue weighted by Gasteiger charge is 2.33. The zero-order valence-electron chi connectivity index (χ0n) is 25.9. The van der Waals surface area contributed by atoms with Gasteiger partial charge in [0.05, 0.1) is 0 Å². The molecule has 0 N–H and O–H groups in total. The van der Waals surface area contributed by atoms with Gasteiger partial charge in [0.15, 0.2) is 0 Å². The molecule has 222 valence electrons. The van der Waals surface area contributed by atoms with Crippen LogP contribution in [0.3, 0.4) is 0 Å². The molecule has 2 heterocycles. The SMILES string of the molecule is CC1c2ccccc2-c2c(ccc3c2sc2ccc(-c4cccc(-c5cccc6c5sc5ccccc56)c4)cc23)C1c1ccccc1. The molecule has 0 saturated carbocycles. The third-order valence-electron chi connectivity index (χ3n) is 10.3. The van der Waals surface area contributed by atoms with E-state index < -0.39 is 0 Å². The largest absolute Gasteiger partial charge is 0.135 e. The maximum Gasteiger partial charge on any atom is 0.0436 e. The summed E-state index contributed by atoms with van der Waals surface area (Å²) in [5, 5.41) is 5.38. The predicted octanol–water partition coefficient (Wildman–Crippen LogP) is 13.7. The van der Waals surface area contributed by atoms with Gasteiger partial charge in [0.25, 0.3) is 0 Å². The molecule has 0 saturated heterocycles. The summed E-state index contributed by atoms with van der Waals surface area (Å²) in [5.41, 5.74) is 12.2. The molecule has 7 aromatic carbocycles. The van der Waals surface area contributed by atoms with Crippen molar-refractivity contribution in [1.29, 1.82) is 0 Å². The monoisotopic (exact) mass is 634 g/mol. The van der Waals surface area contributed by atoms with Crippen molar-refractivity contribution in [2.45, 2.75) is 18.8 Å². The molecule has 1 aliphatic carbocycles. The highest BCUT2D eigenvalue weighted by molar-refractivity contribution is 7.26. The third-order valence-corrected chi connectivity index (χ3v) is 12.7. The summed E-state index contributed by atoms with van der Waals surface area (Å²) < 4.78 is 5.45. The second-order valence-electron chi connectivity index (χ2n) is 12.8. The van der Waals surface area contributed by atoms with Gasteiger partial charge in [-0.05, 0) is 74.7 Å². The van der Waals surface area contributed by atoms with Gasteiger partial charge in [-0.3, -0.25) is 0 Å². The molecule has 0 amide bonds. The fourth-order valence-electron chi connectivity index (χ4n) is 8.11. The molecule has 47 heavy (non-hydrogen) atoms. The number of thiophene rings is 2. The van der Waals surface area contributed by atoms with Crippen molar-refractivity contribution in [1.82, 2.24) is 0 Å². The standard InChI is InChI=1S/C45H30S2/c1-27-32-15-5-6-17-35(32)43-38(42(27)28-11-3-2-4-12-28)23-22-37-39-26-30(21-24-41(39)47-45(37)43)29-13-9-14-31(25-29)33-18-10-19-36-34-16-7-8-20-40(34)46-44(33)36/h2-27,42H,1H3. The topological polar surface area (TPSA) is 0 Å². The molecule has 0 spiro atoms. The number of hydrogen-bond donors (Lipinski definition) is 0. The Morgan fingerprint density at radius 3 is 2.04 bits per heavy atom. The summed E-state index contributed by atoms with van der Waals surface area (Å²) in [6, 6.07) is 56.7. The van der Waals surface area contributed by atoms with E-state index in [0.29, 0.717) is 11.8 Å². The Labute approximate surface area is 282 Å². The van der Waals surface area contributed by atoms with Gasteiger partial charge < -0.3 is 0 Å². The Morgan fingerprint density at radius 2 is 1.11 bits per heavy atom. The summed E-state index contributed by atoms with van der Waals surface area (Å²) in [7, 11) is 0. The summed E-state index contributed by atoms with van der Waals surface area (Å²) in [6.45, 7) is 2.40. The summed E-state index contributed by atoms with van der Waals surface area (Å²) >= 11 is 3.84. The zero-order chi connectivity index (χ0) is 31.1. The van der Waals surface area contributed by atoms with Gasteiger partial charge in [0.2, 0.25) is 0 Å². The van der Waals surface area contributed by atoms with E-state index in [1.165, 1.54) is 90.4 Å². The molecule has 2 aromatic heterocycles. The van der Waals surface area contributed by atoms with Crippen molar-refractivity contribution in [3.05, 3.63) is 168 Å². The normalized spacial score (nSPS) is 15.8. The van der Waals surface area contributed by atoms with E-state index in [2.05, 4.69) is 159 Å². The Kier molecular flexibility index (Phi) is 6.06. The predicted molar refractivity (Wildman–Crippen MR) is 205 cm³/mol. The van der Waals surface area contributed by atoms with Gasteiger partial charge in [0.1, 0.15) is 0 Å². The molecule has 2 atom stereocenters. The van der Waals surface area contributed by atoms with Crippen LogP contribution in [0.15, 0.2) is 152 Å². The number of rotatable bonds is 3. The van der Waals surface area contributed by atoms with Crippen LogP contribution in [0.25, 0.3) is 73.7 Å². The van der Waals surface area contributed by atoms with Crippen molar-refractivity contribution in [2.75, 3.05) is 0 Å². The van der Waals surface area contributed by atoms with Crippen LogP contribution >= 0.6 is 22.7 Å². The van der Waals surface area contributed by atoms with Gasteiger partial charge in [-0.15, -0.1) is 22.7 Å². The molecule has 1 aliphatic rings. The zero-order valence-corrected chi connectivity index (χ0v) is 27.5. The number of benzene rings is 7. The van der Waals surface area contributed by atoms with E-state index in [1.54, 1.807) is 0 Å². The van der Waals surface area contributed by atoms with Crippen LogP contribution in [0.4, 0.5) is 0 Å². The maximum absolute atomic E-state index is 2.42. The first-order valence-electron chi connectivity index (χ1n) is 16.4. The van der Waals surface area contributed by atoms with Crippen molar-refractivity contribution in [3.63, 3.8) is 0 Å². The molecule has 9 aromatic rings. The average molecular weight is 635 g/mol. The smallest absolute Gasteiger partial charge is 0.0436 e. The van der Waals surface area contributed by atoms with Gasteiger partial charge in [0, 0.05) is 51.8 Å². The van der Waals surface area contributed by atoms with Crippen LogP contribution in [-0.2, 0) is 0 Å². The number of hydrogen-bond acceptors (Lipinski definition) is 2. The Morgan fingerprint density at radius 1 is 0.426 bits per heavy atom. The van der Waals surface area contributed by atoms with E-state index >= 15 is 0 Å². The van der Waals surface area contributed by atoms with Crippen LogP contribution in [0.5, 0.6) is 0 Å². The van der Waals surface area contributed by atoms with E-state index in [0.717, 1.165) is 0 Å². The Balaban J connectivity index is 1.13. The van der Waals surface area contributed by atoms with Crippen molar-refractivity contribution < 1.29 is 0 Å². The minimum absolute atomic E-state index is 0.333. The second kappa shape index (κ2) is 10.5. The minimum Gasteiger partial charge on any atom is -0.135 e. The summed E-state index contributed by atoms with van der Waals surface area (Å²) in [4.78, 5) is 0. The molecule has 2 unspecified atom stereocenters. The van der Waals surface area contributed by atoms with Gasteiger partial charge in [-0.25, -0.2) is 0 Å². The van der Waals surface area contributed by atoms with Crippen LogP contribution in [0.2, 0.25) is 0 Å². The molecule has 0 radical (unpaired) electrons. The molecule has 10 rings (SSSR count). The van der Waals surface area contributed by atoms with Crippen molar-refractivity contribution >= 4 is 63.0 Å². The van der Waals surface area contributed by atoms with Crippen LogP contribution < -0.4 is 0 Å². The fourth-order valence-corrected chi connectivity index (χ4v) is 10.6. The highest BCUT2D eigenvalue weighted by Crippen LogP contribution is 2.54. The Bertz CT molecular complexity index is 2650. The van der Waals surface area contributed by atoms with E-state index in [1.807, 2.05) is 22.7 Å². The van der Waals surface area contributed by atoms with Gasteiger partial charge in [-0.2, -0.15) is 0 Å². The molecular formula is C45H30S2. The minimum atomic E-state index is 0.333. The van der Waals surface area contributed by atoms with E-state index in [4.69, 9.17) is 0 Å². The van der Waals surface area contributed by atoms with Crippen molar-refractivity contribution in [3.8, 4) is 33.4 Å². The van der Waals surface area contributed by atoms with E-state index in [9.17, 15) is 0 Å². The summed E-state index contributed by atoms with van der Waals surface area (Å²) in [5.74, 6) is 0.740. The lowest BCUT2D eigenvalue weighted by Gasteiger charge is -2.34. The lowest BCUT2D eigenvalue weighted by Crippen LogP contribution is -2.16. The van der Waals surface area contributed by atoms with Crippen molar-refractivity contribution in [2.24, 2.45) is 0 Å². The Hall–Kier alpha value is -5.02. The van der Waals surface area contributed by atoms with Crippen LogP contribution in [0, 0.1) is 0 Å². The molecule has 2 heteroatoms. The van der Waals surface area contributed by atoms with Gasteiger partial charge in [-0.1, -0.05) is 134 Å². The molecule has 0 nitrogen and oxygen atoms in total. The first kappa shape index (κ1) is 27.1. The molecule has 0 aliphatic heterocycles. The summed E-state index contributed by atoms with van der Waals surface area (Å²) in [6.07, 6.45) is 0. The molecule has 0 bridgehead atoms. The highest BCUT2D eigenvalue weighted by atomic mass is 32.1. The quantitative estimate of drug-likeness (QED) is 0.181. The van der Waals surface area contributed by atoms with Crippen LogP contribution in [-0.4, -0.2) is 0 Å². The third kappa shape index (κ3) is 4.12. The lowest BCUT2D eigenvalue weighted by molar-refractivity contribution is 0.650. The molecule has 0 fully saturated rings. The fraction of sp³-hybridized carbons (Fsp3) is 0.0667. The number of fused-ring (bicyclic) bond motifs is 10. The first-order chi connectivity index (χ1) is 23.2. The average Bonchev–Trinajstić information content (AvgIpc) is 3.70. The van der Waals surface area contributed by atoms with Gasteiger partial charge >= 0.3 is 0 Å². The molecular weight excluding hydrogens is 605 g/mol. The maximum atomic E-state index is 2.42. The van der Waals surface area contributed by atoms with E-state index in [-0.39, 0.29) is 0 Å². The lowest BCUT2D eigenvalue weighted by atomic mass is 9.69. The second-order valence-corrected chi connectivity index (χ2v) is 14.9. The van der Waals surface area contributed by atoms with Crippen LogP contribution in [0.1, 0.15) is 35.4 Å².